The van der Waals surface area contributed by atoms with Crippen LogP contribution in [0.1, 0.15) is 63.1 Å². The van der Waals surface area contributed by atoms with Gasteiger partial charge < -0.3 is 34.3 Å². The van der Waals surface area contributed by atoms with Crippen molar-refractivity contribution in [2.45, 2.75) is 90.0 Å². The molecule has 288 valence electrons. The van der Waals surface area contributed by atoms with Crippen LogP contribution in [0.4, 0.5) is 20.1 Å². The second-order valence-electron chi connectivity index (χ2n) is 15.5. The first-order chi connectivity index (χ1) is 25.3. The molecule has 1 atom stereocenters. The third kappa shape index (κ3) is 10.2. The lowest BCUT2D eigenvalue weighted by Gasteiger charge is -2.42. The molecule has 4 aliphatic heterocycles. The Kier molecular flexibility index (Phi) is 12.5. The molecular formula is C39H53BrN6O7. The number of amides is 4. The Morgan fingerprint density at radius 2 is 1.53 bits per heavy atom. The summed E-state index contributed by atoms with van der Waals surface area (Å²) in [5.74, 6) is -0.181. The molecule has 2 aromatic carbocycles. The summed E-state index contributed by atoms with van der Waals surface area (Å²) in [4.78, 5) is 66.2. The number of piperazine rings is 1. The van der Waals surface area contributed by atoms with Crippen LogP contribution in [0.2, 0.25) is 0 Å². The summed E-state index contributed by atoms with van der Waals surface area (Å²) in [6.45, 7) is 12.7. The number of ether oxygens (including phenoxy) is 2. The van der Waals surface area contributed by atoms with E-state index in [2.05, 4.69) is 26.1 Å². The van der Waals surface area contributed by atoms with Gasteiger partial charge in [-0.15, -0.1) is 5.06 Å². The lowest BCUT2D eigenvalue weighted by molar-refractivity contribution is -0.162. The molecule has 14 heteroatoms. The van der Waals surface area contributed by atoms with Gasteiger partial charge in [0, 0.05) is 87.6 Å². The molecule has 53 heavy (non-hydrogen) atoms. The van der Waals surface area contributed by atoms with Crippen LogP contribution in [0.5, 0.6) is 0 Å². The average molecular weight is 798 g/mol. The van der Waals surface area contributed by atoms with Gasteiger partial charge >= 0.3 is 18.3 Å². The van der Waals surface area contributed by atoms with Gasteiger partial charge in [-0.25, -0.2) is 14.4 Å². The lowest BCUT2D eigenvalue weighted by Crippen LogP contribution is -2.55. The lowest BCUT2D eigenvalue weighted by atomic mass is 10.00. The molecule has 0 saturated carbocycles. The van der Waals surface area contributed by atoms with Crippen molar-refractivity contribution in [2.75, 3.05) is 64.2 Å². The highest BCUT2D eigenvalue weighted by atomic mass is 79.9. The van der Waals surface area contributed by atoms with Crippen molar-refractivity contribution in [3.05, 3.63) is 63.6 Å². The number of anilines is 1. The van der Waals surface area contributed by atoms with E-state index in [0.717, 1.165) is 59.2 Å². The zero-order valence-electron chi connectivity index (χ0n) is 31.4. The minimum absolute atomic E-state index is 0.0116. The van der Waals surface area contributed by atoms with E-state index >= 15 is 0 Å². The maximum atomic E-state index is 14.1. The normalized spacial score (nSPS) is 20.2. The van der Waals surface area contributed by atoms with Gasteiger partial charge in [-0.05, 0) is 88.6 Å². The maximum absolute atomic E-state index is 14.1. The summed E-state index contributed by atoms with van der Waals surface area (Å²) in [7, 11) is 0. The fraction of sp³-hybridized carbons (Fsp3) is 0.590. The SMILES string of the molecule is Cc1ccc(C[C@@H](OC(=O)N2CCC(N3CCc4ccccc4NC3=O)CC2)C(=O)N2CCC(N3CCN(OC(=O)OC(C)(C)C)CC3)CC2)cc1Br. The number of nitrogens with zero attached hydrogens (tertiary/aromatic N) is 5. The van der Waals surface area contributed by atoms with Crippen LogP contribution in [0.25, 0.3) is 0 Å². The average Bonchev–Trinajstić information content (AvgIpc) is 3.30. The third-order valence-corrected chi connectivity index (χ3v) is 11.5. The van der Waals surface area contributed by atoms with E-state index in [1.54, 1.807) is 30.7 Å². The number of fused-ring (bicyclic) bond motifs is 1. The number of benzene rings is 2. The highest BCUT2D eigenvalue weighted by molar-refractivity contribution is 9.10. The Morgan fingerprint density at radius 3 is 2.21 bits per heavy atom. The molecule has 0 bridgehead atoms. The van der Waals surface area contributed by atoms with Crippen molar-refractivity contribution in [3.63, 3.8) is 0 Å². The van der Waals surface area contributed by atoms with E-state index in [0.29, 0.717) is 64.7 Å². The smallest absolute Gasteiger partial charge is 0.436 e. The van der Waals surface area contributed by atoms with E-state index in [1.807, 2.05) is 59.2 Å². The van der Waals surface area contributed by atoms with Crippen LogP contribution in [0.3, 0.4) is 0 Å². The number of rotatable bonds is 7. The molecule has 0 aromatic heterocycles. The minimum Gasteiger partial charge on any atom is -0.436 e. The first-order valence-corrected chi connectivity index (χ1v) is 19.7. The summed E-state index contributed by atoms with van der Waals surface area (Å²) < 4.78 is 12.3. The van der Waals surface area contributed by atoms with Crippen LogP contribution >= 0.6 is 15.9 Å². The standard InChI is InChI=1S/C39H53BrN6O7/c1-27-9-10-28(25-32(27)40)26-34(35(47)43-16-12-30(13-17-43)42-21-23-45(24-22-42)53-38(50)52-39(2,3)4)51-37(49)44-18-14-31(15-19-44)46-20-11-29-7-5-6-8-33(29)41-36(46)48/h5-10,25,30-31,34H,11-24,26H2,1-4H3,(H,41,48)/t34-/m1/s1. The topological polar surface area (TPSA) is 124 Å². The summed E-state index contributed by atoms with van der Waals surface area (Å²) in [6.07, 6.45) is 1.77. The number of hydrogen-bond donors (Lipinski definition) is 1. The zero-order valence-corrected chi connectivity index (χ0v) is 32.9. The van der Waals surface area contributed by atoms with Crippen LogP contribution < -0.4 is 5.32 Å². The first kappa shape index (κ1) is 38.8. The molecule has 4 amide bonds. The van der Waals surface area contributed by atoms with Gasteiger partial charge in [0.15, 0.2) is 6.10 Å². The Morgan fingerprint density at radius 1 is 0.868 bits per heavy atom. The summed E-state index contributed by atoms with van der Waals surface area (Å²) in [6, 6.07) is 14.0. The molecule has 3 fully saturated rings. The van der Waals surface area contributed by atoms with Crippen LogP contribution in [-0.2, 0) is 31.9 Å². The van der Waals surface area contributed by atoms with Gasteiger partial charge in [0.2, 0.25) is 0 Å². The quantitative estimate of drug-likeness (QED) is 0.345. The largest absolute Gasteiger partial charge is 0.528 e. The molecule has 2 aromatic rings. The van der Waals surface area contributed by atoms with Crippen molar-refractivity contribution in [1.82, 2.24) is 24.7 Å². The minimum atomic E-state index is -0.963. The number of urea groups is 1. The number of carbonyl (C=O) groups is 4. The van der Waals surface area contributed by atoms with Gasteiger partial charge in [-0.2, -0.15) is 0 Å². The molecular weight excluding hydrogens is 744 g/mol. The molecule has 4 heterocycles. The van der Waals surface area contributed by atoms with E-state index in [1.165, 1.54) is 0 Å². The number of hydroxylamine groups is 2. The Balaban J connectivity index is 1.02. The molecule has 3 saturated heterocycles. The molecule has 0 radical (unpaired) electrons. The molecule has 0 unspecified atom stereocenters. The monoisotopic (exact) mass is 796 g/mol. The number of para-hydroxylation sites is 1. The van der Waals surface area contributed by atoms with Gasteiger partial charge in [-0.1, -0.05) is 46.3 Å². The number of hydrogen-bond acceptors (Lipinski definition) is 9. The second-order valence-corrected chi connectivity index (χ2v) is 16.3. The summed E-state index contributed by atoms with van der Waals surface area (Å²) in [5.41, 5.74) is 3.35. The number of aryl methyl sites for hydroxylation is 1. The summed E-state index contributed by atoms with van der Waals surface area (Å²) in [5, 5.41) is 4.70. The number of carbonyl (C=O) groups excluding carboxylic acids is 4. The van der Waals surface area contributed by atoms with Crippen LogP contribution in [0, 0.1) is 6.92 Å². The van der Waals surface area contributed by atoms with Crippen LogP contribution in [0.15, 0.2) is 46.9 Å². The Bertz CT molecular complexity index is 1630. The van der Waals surface area contributed by atoms with E-state index in [4.69, 9.17) is 14.3 Å². The van der Waals surface area contributed by atoms with E-state index in [-0.39, 0.29) is 24.4 Å². The Hall–Kier alpha value is -3.88. The predicted molar refractivity (Wildman–Crippen MR) is 203 cm³/mol. The fourth-order valence-corrected chi connectivity index (χ4v) is 8.07. The van der Waals surface area contributed by atoms with E-state index in [9.17, 15) is 19.2 Å². The highest BCUT2D eigenvalue weighted by Crippen LogP contribution is 2.27. The highest BCUT2D eigenvalue weighted by Gasteiger charge is 2.37. The number of piperidine rings is 2. The van der Waals surface area contributed by atoms with Gasteiger partial charge in [0.25, 0.3) is 5.91 Å². The molecule has 6 rings (SSSR count). The van der Waals surface area contributed by atoms with Gasteiger partial charge in [0.05, 0.1) is 0 Å². The summed E-state index contributed by atoms with van der Waals surface area (Å²) >= 11 is 3.61. The van der Waals surface area contributed by atoms with Crippen LogP contribution in [-0.4, -0.2) is 132 Å². The zero-order chi connectivity index (χ0) is 37.7. The maximum Gasteiger partial charge on any atom is 0.528 e. The molecule has 1 N–H and O–H groups in total. The molecule has 13 nitrogen and oxygen atoms in total. The van der Waals surface area contributed by atoms with Gasteiger partial charge in [-0.3, -0.25) is 9.69 Å². The second kappa shape index (κ2) is 17.1. The van der Waals surface area contributed by atoms with Gasteiger partial charge in [0.1, 0.15) is 5.60 Å². The first-order valence-electron chi connectivity index (χ1n) is 18.9. The fourth-order valence-electron chi connectivity index (χ4n) is 7.64. The van der Waals surface area contributed by atoms with E-state index < -0.39 is 24.0 Å². The van der Waals surface area contributed by atoms with Crippen molar-refractivity contribution in [1.29, 1.82) is 0 Å². The van der Waals surface area contributed by atoms with Crippen molar-refractivity contribution < 1.29 is 33.5 Å². The van der Waals surface area contributed by atoms with Crippen molar-refractivity contribution >= 4 is 45.8 Å². The number of halogens is 1. The molecule has 0 spiro atoms. The van der Waals surface area contributed by atoms with Crippen molar-refractivity contribution in [2.24, 2.45) is 0 Å². The predicted octanol–water partition coefficient (Wildman–Crippen LogP) is 5.84. The van der Waals surface area contributed by atoms with Crippen molar-refractivity contribution in [3.8, 4) is 0 Å². The number of nitrogens with one attached hydrogen (secondary N) is 1. The Labute approximate surface area is 320 Å². The number of likely N-dealkylation sites (tertiary alicyclic amines) is 2. The molecule has 0 aliphatic carbocycles. The third-order valence-electron chi connectivity index (χ3n) is 10.6. The molecule has 4 aliphatic rings.